The maximum absolute atomic E-state index is 4.26. The third kappa shape index (κ3) is 1.57. The molecule has 0 aliphatic carbocycles. The van der Waals surface area contributed by atoms with Crippen LogP contribution in [0.1, 0.15) is 5.82 Å². The maximum Gasteiger partial charge on any atom is 0.0479 e. The molecular weight excluding hydrogens is 227 g/mol. The van der Waals surface area contributed by atoms with Crippen molar-refractivity contribution in [1.82, 2.24) is 14.5 Å². The Balaban J connectivity index is 0.000000720. The molecule has 12 heavy (non-hydrogen) atoms. The zero-order valence-corrected chi connectivity index (χ0v) is 9.91. The molecule has 0 bridgehead atoms. The number of fused-ring (bicyclic) bond motifs is 1. The van der Waals surface area contributed by atoms with E-state index in [1.165, 1.54) is 0 Å². The topological polar surface area (TPSA) is 30.7 Å². The van der Waals surface area contributed by atoms with Crippen LogP contribution in [0.5, 0.6) is 0 Å². The van der Waals surface area contributed by atoms with Crippen molar-refractivity contribution in [3.8, 4) is 0 Å². The van der Waals surface area contributed by atoms with Crippen LogP contribution in [0.2, 0.25) is 0 Å². The number of aromatic nitrogens is 3. The summed E-state index contributed by atoms with van der Waals surface area (Å²) in [6.45, 7) is 1.86. The average Bonchev–Trinajstić information content (AvgIpc) is 2.33. The summed E-state index contributed by atoms with van der Waals surface area (Å²) in [5, 5.41) is 0.970. The summed E-state index contributed by atoms with van der Waals surface area (Å²) < 4.78 is 1.96. The molecule has 0 aromatic carbocycles. The van der Waals surface area contributed by atoms with Gasteiger partial charge in [-0.25, -0.2) is 0 Å². The fourth-order valence-corrected chi connectivity index (χ4v) is 1.07. The third-order valence-electron chi connectivity index (χ3n) is 1.65. The Morgan fingerprint density at radius 1 is 1.50 bits per heavy atom. The van der Waals surface area contributed by atoms with Crippen LogP contribution in [-0.2, 0) is 39.8 Å². The van der Waals surface area contributed by atoms with E-state index >= 15 is 0 Å². The van der Waals surface area contributed by atoms with E-state index in [-0.39, 0.29) is 32.7 Å². The van der Waals surface area contributed by atoms with E-state index < -0.39 is 0 Å². The van der Waals surface area contributed by atoms with Crippen molar-refractivity contribution in [1.29, 1.82) is 0 Å². The van der Waals surface area contributed by atoms with Gasteiger partial charge in [-0.1, -0.05) is 5.39 Å². The van der Waals surface area contributed by atoms with Gasteiger partial charge in [-0.2, -0.15) is 0 Å². The minimum Gasteiger partial charge on any atom is -0.383 e. The van der Waals surface area contributed by atoms with Gasteiger partial charge in [-0.15, -0.1) is 6.07 Å². The SMILES string of the molecule is Cc1n[c-]c2ccn(C)c2n1.[Y]. The first-order chi connectivity index (χ1) is 5.27. The summed E-state index contributed by atoms with van der Waals surface area (Å²) in [4.78, 5) is 8.23. The van der Waals surface area contributed by atoms with E-state index in [2.05, 4.69) is 16.2 Å². The van der Waals surface area contributed by atoms with Crippen molar-refractivity contribution in [2.24, 2.45) is 7.05 Å². The number of nitrogens with zero attached hydrogens (tertiary/aromatic N) is 3. The molecule has 0 aliphatic heterocycles. The van der Waals surface area contributed by atoms with Gasteiger partial charge >= 0.3 is 0 Å². The van der Waals surface area contributed by atoms with E-state index in [9.17, 15) is 0 Å². The van der Waals surface area contributed by atoms with Crippen LogP contribution < -0.4 is 0 Å². The molecule has 0 amide bonds. The van der Waals surface area contributed by atoms with E-state index in [1.807, 2.05) is 30.8 Å². The predicted octanol–water partition coefficient (Wildman–Crippen LogP) is 1.07. The second kappa shape index (κ2) is 3.63. The van der Waals surface area contributed by atoms with E-state index in [4.69, 9.17) is 0 Å². The zero-order valence-electron chi connectivity index (χ0n) is 7.07. The Kier molecular flexibility index (Phi) is 2.96. The molecule has 0 spiro atoms. The fourth-order valence-electron chi connectivity index (χ4n) is 1.07. The molecule has 59 valence electrons. The molecule has 2 aromatic heterocycles. The first kappa shape index (κ1) is 9.81. The molecule has 0 saturated heterocycles. The minimum absolute atomic E-state index is 0. The minimum atomic E-state index is 0. The van der Waals surface area contributed by atoms with Gasteiger partial charge in [0.1, 0.15) is 0 Å². The molecule has 0 N–H and O–H groups in total. The van der Waals surface area contributed by atoms with Crippen LogP contribution in [0.4, 0.5) is 0 Å². The number of aryl methyl sites for hydroxylation is 2. The van der Waals surface area contributed by atoms with Crippen molar-refractivity contribution in [3.63, 3.8) is 0 Å². The summed E-state index contributed by atoms with van der Waals surface area (Å²) in [7, 11) is 1.96. The van der Waals surface area contributed by atoms with Crippen LogP contribution in [0, 0.1) is 13.1 Å². The van der Waals surface area contributed by atoms with Crippen LogP contribution in [0.3, 0.4) is 0 Å². The van der Waals surface area contributed by atoms with Gasteiger partial charge in [0.25, 0.3) is 0 Å². The largest absolute Gasteiger partial charge is 0.383 e. The van der Waals surface area contributed by atoms with Gasteiger partial charge in [0.2, 0.25) is 0 Å². The van der Waals surface area contributed by atoms with Crippen molar-refractivity contribution in [2.75, 3.05) is 0 Å². The molecule has 0 unspecified atom stereocenters. The molecule has 4 heteroatoms. The Morgan fingerprint density at radius 2 is 2.25 bits per heavy atom. The summed E-state index contributed by atoms with van der Waals surface area (Å²) in [5.74, 6) is 0.763. The molecular formula is C8H8N3Y-. The zero-order chi connectivity index (χ0) is 7.84. The van der Waals surface area contributed by atoms with Crippen LogP contribution >= 0.6 is 0 Å². The van der Waals surface area contributed by atoms with Gasteiger partial charge in [-0.05, 0) is 19.3 Å². The molecule has 1 radical (unpaired) electrons. The van der Waals surface area contributed by atoms with Crippen molar-refractivity contribution >= 4 is 11.0 Å². The smallest absolute Gasteiger partial charge is 0.0479 e. The second-order valence-electron chi connectivity index (χ2n) is 2.55. The summed E-state index contributed by atoms with van der Waals surface area (Å²) in [6.07, 6.45) is 4.86. The predicted molar refractivity (Wildman–Crippen MR) is 42.1 cm³/mol. The van der Waals surface area contributed by atoms with Crippen molar-refractivity contribution in [2.45, 2.75) is 6.92 Å². The first-order valence-corrected chi connectivity index (χ1v) is 3.45. The summed E-state index contributed by atoms with van der Waals surface area (Å²) >= 11 is 0. The average molecular weight is 235 g/mol. The van der Waals surface area contributed by atoms with Gasteiger partial charge in [0.15, 0.2) is 0 Å². The van der Waals surface area contributed by atoms with Gasteiger partial charge in [0.05, 0.1) is 0 Å². The third-order valence-corrected chi connectivity index (χ3v) is 1.65. The Bertz CT molecular complexity index is 394. The monoisotopic (exact) mass is 235 g/mol. The van der Waals surface area contributed by atoms with Gasteiger partial charge in [0, 0.05) is 51.2 Å². The molecule has 0 fully saturated rings. The van der Waals surface area contributed by atoms with Crippen LogP contribution in [-0.4, -0.2) is 14.5 Å². The summed E-state index contributed by atoms with van der Waals surface area (Å²) in [5.41, 5.74) is 0.942. The standard InChI is InChI=1S/C8H8N3.Y/c1-6-9-5-7-3-4-11(2)8(7)10-6;/h3-4H,1-2H3;/q-1;. The molecule has 0 atom stereocenters. The Labute approximate surface area is 96.1 Å². The molecule has 3 nitrogen and oxygen atoms in total. The van der Waals surface area contributed by atoms with E-state index in [0.717, 1.165) is 16.9 Å². The van der Waals surface area contributed by atoms with E-state index in [1.54, 1.807) is 0 Å². The Hall–Kier alpha value is -0.276. The molecule has 2 rings (SSSR count). The normalized spacial score (nSPS) is 9.83. The number of hydrogen-bond acceptors (Lipinski definition) is 2. The van der Waals surface area contributed by atoms with Crippen LogP contribution in [0.15, 0.2) is 12.3 Å². The van der Waals surface area contributed by atoms with Gasteiger partial charge < -0.3 is 14.5 Å². The second-order valence-corrected chi connectivity index (χ2v) is 2.55. The number of hydrogen-bond donors (Lipinski definition) is 0. The van der Waals surface area contributed by atoms with Gasteiger partial charge in [-0.3, -0.25) is 0 Å². The van der Waals surface area contributed by atoms with Crippen molar-refractivity contribution < 1.29 is 32.7 Å². The molecule has 0 aliphatic rings. The quantitative estimate of drug-likeness (QED) is 0.639. The fraction of sp³-hybridized carbons (Fsp3) is 0.250. The first-order valence-electron chi connectivity index (χ1n) is 3.45. The van der Waals surface area contributed by atoms with E-state index in [0.29, 0.717) is 0 Å². The maximum atomic E-state index is 4.26. The van der Waals surface area contributed by atoms with Crippen LogP contribution in [0.25, 0.3) is 11.0 Å². The van der Waals surface area contributed by atoms with Crippen molar-refractivity contribution in [3.05, 3.63) is 24.3 Å². The molecule has 0 saturated carbocycles. The molecule has 2 heterocycles. The molecule has 2 aromatic rings. The number of rotatable bonds is 0. The Morgan fingerprint density at radius 3 is 3.00 bits per heavy atom. The summed E-state index contributed by atoms with van der Waals surface area (Å²) in [6, 6.07) is 1.95.